The lowest BCUT2D eigenvalue weighted by atomic mass is 10.3. The quantitative estimate of drug-likeness (QED) is 0.493. The zero-order valence-corrected chi connectivity index (χ0v) is 12.3. The summed E-state index contributed by atoms with van der Waals surface area (Å²) in [7, 11) is 3.40. The fourth-order valence-corrected chi connectivity index (χ4v) is 2.18. The van der Waals surface area contributed by atoms with E-state index in [9.17, 15) is 10.1 Å². The number of hydrogen-bond donors (Lipinski definition) is 0. The molecule has 0 atom stereocenters. The van der Waals surface area contributed by atoms with Crippen molar-refractivity contribution in [2.45, 2.75) is 4.84 Å². The predicted octanol–water partition coefficient (Wildman–Crippen LogP) is 3.32. The summed E-state index contributed by atoms with van der Waals surface area (Å²) >= 11 is 11.6. The molecule has 1 aromatic heterocycles. The van der Waals surface area contributed by atoms with Crippen molar-refractivity contribution in [3.8, 4) is 5.69 Å². The van der Waals surface area contributed by atoms with E-state index in [2.05, 4.69) is 5.10 Å². The molecule has 0 aliphatic rings. The van der Waals surface area contributed by atoms with E-state index in [4.69, 9.17) is 23.2 Å². The molecule has 0 saturated carbocycles. The molecular weight excluding hydrogens is 303 g/mol. The number of alkyl halides is 2. The summed E-state index contributed by atoms with van der Waals surface area (Å²) in [5.74, 6) is 0.322. The highest BCUT2D eigenvalue weighted by Crippen LogP contribution is 2.39. The first-order chi connectivity index (χ1) is 9.43. The molecule has 0 bridgehead atoms. The number of hydrogen-bond acceptors (Lipinski definition) is 4. The van der Waals surface area contributed by atoms with Gasteiger partial charge in [-0.3, -0.25) is 10.1 Å². The van der Waals surface area contributed by atoms with Gasteiger partial charge in [-0.1, -0.05) is 41.4 Å². The van der Waals surface area contributed by atoms with Gasteiger partial charge in [0.15, 0.2) is 10.5 Å². The molecule has 0 fully saturated rings. The molecule has 106 valence electrons. The third-order valence-electron chi connectivity index (χ3n) is 2.68. The number of halogens is 2. The standard InChI is InChI=1S/C12H12Cl2N4O2/c1-16(2)12-10(18(19)20)9(11(13)14)15-17(12)8-6-4-3-5-7-8/h3-7,11H,1-2H3. The third kappa shape index (κ3) is 2.57. The Kier molecular flexibility index (Phi) is 4.15. The van der Waals surface area contributed by atoms with Crippen molar-refractivity contribution < 1.29 is 4.92 Å². The SMILES string of the molecule is CN(C)c1c([N+](=O)[O-])c(C(Cl)Cl)nn1-c1ccccc1. The van der Waals surface area contributed by atoms with Crippen LogP contribution in [0.3, 0.4) is 0 Å². The molecule has 0 saturated heterocycles. The monoisotopic (exact) mass is 314 g/mol. The maximum absolute atomic E-state index is 11.3. The highest BCUT2D eigenvalue weighted by molar-refractivity contribution is 6.44. The maximum atomic E-state index is 11.3. The number of nitrogens with zero attached hydrogens (tertiary/aromatic N) is 4. The van der Waals surface area contributed by atoms with Crippen molar-refractivity contribution in [1.82, 2.24) is 9.78 Å². The minimum absolute atomic E-state index is 0.0332. The van der Waals surface area contributed by atoms with Crippen molar-refractivity contribution in [1.29, 1.82) is 0 Å². The average molecular weight is 315 g/mol. The van der Waals surface area contributed by atoms with E-state index in [0.29, 0.717) is 11.5 Å². The van der Waals surface area contributed by atoms with Crippen LogP contribution in [0.1, 0.15) is 10.5 Å². The van der Waals surface area contributed by atoms with E-state index in [1.807, 2.05) is 18.2 Å². The third-order valence-corrected chi connectivity index (χ3v) is 3.09. The summed E-state index contributed by atoms with van der Waals surface area (Å²) in [6.45, 7) is 0. The molecule has 0 aliphatic heterocycles. The van der Waals surface area contributed by atoms with Crippen LogP contribution in [0.4, 0.5) is 11.5 Å². The van der Waals surface area contributed by atoms with Crippen LogP contribution in [0.15, 0.2) is 30.3 Å². The zero-order chi connectivity index (χ0) is 14.9. The van der Waals surface area contributed by atoms with Crippen LogP contribution in [-0.2, 0) is 0 Å². The minimum Gasteiger partial charge on any atom is -0.357 e. The first kappa shape index (κ1) is 14.6. The summed E-state index contributed by atoms with van der Waals surface area (Å²) in [5, 5.41) is 15.5. The summed E-state index contributed by atoms with van der Waals surface area (Å²) in [5.41, 5.74) is 0.541. The topological polar surface area (TPSA) is 64.2 Å². The molecule has 0 radical (unpaired) electrons. The van der Waals surface area contributed by atoms with Gasteiger partial charge in [-0.25, -0.2) is 4.68 Å². The van der Waals surface area contributed by atoms with Crippen LogP contribution in [0.5, 0.6) is 0 Å². The van der Waals surface area contributed by atoms with Crippen LogP contribution in [0.2, 0.25) is 0 Å². The van der Waals surface area contributed by atoms with Crippen LogP contribution in [0.25, 0.3) is 5.69 Å². The molecule has 0 unspecified atom stereocenters. The maximum Gasteiger partial charge on any atom is 0.337 e. The fourth-order valence-electron chi connectivity index (χ4n) is 1.89. The van der Waals surface area contributed by atoms with Crippen LogP contribution in [-0.4, -0.2) is 28.8 Å². The van der Waals surface area contributed by atoms with Gasteiger partial charge in [0.05, 0.1) is 10.6 Å². The first-order valence-corrected chi connectivity index (χ1v) is 6.59. The van der Waals surface area contributed by atoms with Gasteiger partial charge < -0.3 is 4.90 Å². The molecule has 2 rings (SSSR count). The molecule has 0 spiro atoms. The van der Waals surface area contributed by atoms with Crippen molar-refractivity contribution >= 4 is 34.7 Å². The number of benzene rings is 1. The number of aromatic nitrogens is 2. The Labute approximate surface area is 125 Å². The summed E-state index contributed by atoms with van der Waals surface area (Å²) in [6, 6.07) is 9.08. The lowest BCUT2D eigenvalue weighted by molar-refractivity contribution is -0.384. The van der Waals surface area contributed by atoms with Gasteiger partial charge in [-0.15, -0.1) is 0 Å². The predicted molar refractivity (Wildman–Crippen MR) is 79.0 cm³/mol. The second-order valence-corrected chi connectivity index (χ2v) is 5.35. The largest absolute Gasteiger partial charge is 0.357 e. The molecule has 8 heteroatoms. The van der Waals surface area contributed by atoms with E-state index < -0.39 is 9.76 Å². The van der Waals surface area contributed by atoms with E-state index in [1.165, 1.54) is 4.68 Å². The second-order valence-electron chi connectivity index (χ2n) is 4.26. The Balaban J connectivity index is 2.75. The van der Waals surface area contributed by atoms with Gasteiger partial charge in [0, 0.05) is 14.1 Å². The molecule has 0 aliphatic carbocycles. The molecule has 0 N–H and O–H groups in total. The Morgan fingerprint density at radius 2 is 1.90 bits per heavy atom. The Hall–Kier alpha value is -1.79. The lowest BCUT2D eigenvalue weighted by Gasteiger charge is -2.13. The first-order valence-electron chi connectivity index (χ1n) is 5.71. The van der Waals surface area contributed by atoms with Crippen molar-refractivity contribution in [3.63, 3.8) is 0 Å². The number of para-hydroxylation sites is 1. The summed E-state index contributed by atoms with van der Waals surface area (Å²) in [4.78, 5) is 11.3. The van der Waals surface area contributed by atoms with Crippen molar-refractivity contribution in [2.75, 3.05) is 19.0 Å². The number of nitro groups is 1. The van der Waals surface area contributed by atoms with E-state index in [1.54, 1.807) is 31.1 Å². The normalized spacial score (nSPS) is 10.8. The Morgan fingerprint density at radius 1 is 1.30 bits per heavy atom. The Morgan fingerprint density at radius 3 is 2.35 bits per heavy atom. The second kappa shape index (κ2) is 5.68. The van der Waals surface area contributed by atoms with Crippen molar-refractivity contribution in [3.05, 3.63) is 46.1 Å². The molecule has 0 amide bonds. The van der Waals surface area contributed by atoms with Gasteiger partial charge in [-0.05, 0) is 12.1 Å². The highest BCUT2D eigenvalue weighted by atomic mass is 35.5. The van der Waals surface area contributed by atoms with E-state index >= 15 is 0 Å². The van der Waals surface area contributed by atoms with E-state index in [0.717, 1.165) is 0 Å². The molecule has 20 heavy (non-hydrogen) atoms. The molecular formula is C12H12Cl2N4O2. The highest BCUT2D eigenvalue weighted by Gasteiger charge is 2.32. The average Bonchev–Trinajstić information content (AvgIpc) is 2.80. The van der Waals surface area contributed by atoms with Crippen molar-refractivity contribution in [2.24, 2.45) is 0 Å². The lowest BCUT2D eigenvalue weighted by Crippen LogP contribution is -2.15. The fraction of sp³-hybridized carbons (Fsp3) is 0.250. The van der Waals surface area contributed by atoms with Gasteiger partial charge in [0.25, 0.3) is 0 Å². The number of rotatable bonds is 4. The van der Waals surface area contributed by atoms with Crippen LogP contribution < -0.4 is 4.90 Å². The smallest absolute Gasteiger partial charge is 0.337 e. The summed E-state index contributed by atoms with van der Waals surface area (Å²) in [6.07, 6.45) is 0. The van der Waals surface area contributed by atoms with Gasteiger partial charge in [-0.2, -0.15) is 5.10 Å². The number of anilines is 1. The minimum atomic E-state index is -1.07. The van der Waals surface area contributed by atoms with Gasteiger partial charge in [0.1, 0.15) is 0 Å². The molecule has 6 nitrogen and oxygen atoms in total. The molecule has 2 aromatic rings. The van der Waals surface area contributed by atoms with Crippen LogP contribution in [0, 0.1) is 10.1 Å². The van der Waals surface area contributed by atoms with Gasteiger partial charge >= 0.3 is 5.69 Å². The van der Waals surface area contributed by atoms with E-state index in [-0.39, 0.29) is 11.4 Å². The Bertz CT molecular complexity index is 626. The summed E-state index contributed by atoms with van der Waals surface area (Å²) < 4.78 is 1.46. The zero-order valence-electron chi connectivity index (χ0n) is 10.8. The van der Waals surface area contributed by atoms with Crippen LogP contribution >= 0.6 is 23.2 Å². The molecule has 1 heterocycles. The molecule has 1 aromatic carbocycles. The van der Waals surface area contributed by atoms with Gasteiger partial charge in [0.2, 0.25) is 5.82 Å².